The molecule has 0 heterocycles. The molecule has 5 nitrogen and oxygen atoms in total. The normalized spacial score (nSPS) is 10.8. The van der Waals surface area contributed by atoms with E-state index in [9.17, 15) is 4.79 Å². The summed E-state index contributed by atoms with van der Waals surface area (Å²) in [5.74, 6) is 0.312. The largest absolute Gasteiger partial charge is 0.366 e. The Morgan fingerprint density at radius 1 is 1.04 bits per heavy atom. The second-order valence-corrected chi connectivity index (χ2v) is 6.16. The molecule has 0 aliphatic heterocycles. The molecule has 2 rings (SSSR count). The van der Waals surface area contributed by atoms with E-state index in [1.165, 1.54) is 16.7 Å². The lowest BCUT2D eigenvalue weighted by Crippen LogP contribution is -2.37. The van der Waals surface area contributed by atoms with Crippen molar-refractivity contribution in [2.24, 2.45) is 10.7 Å². The monoisotopic (exact) mass is 466 g/mol. The highest BCUT2D eigenvalue weighted by molar-refractivity contribution is 14.0. The molecule has 0 atom stereocenters. The molecule has 0 aromatic heterocycles. The molecular weight excluding hydrogens is 439 g/mol. The van der Waals surface area contributed by atoms with Crippen LogP contribution >= 0.6 is 24.0 Å². The summed E-state index contributed by atoms with van der Waals surface area (Å²) >= 11 is 0. The highest BCUT2D eigenvalue weighted by Crippen LogP contribution is 2.09. The second-order valence-electron chi connectivity index (χ2n) is 6.16. The Hall–Kier alpha value is -2.09. The zero-order valence-electron chi connectivity index (χ0n) is 15.5. The standard InChI is InChI=1S/C20H26N4O.HI/c1-14-9-15(2)11-16(10-14)7-8-23-20(22-3)24-13-17-5-4-6-18(12-17)19(21)25;/h4-6,9-12H,7-8,13H2,1-3H3,(H2,21,25)(H2,22,23,24);1H. The van der Waals surface area contributed by atoms with Gasteiger partial charge in [0.15, 0.2) is 5.96 Å². The van der Waals surface area contributed by atoms with Crippen LogP contribution in [-0.2, 0) is 13.0 Å². The number of aliphatic imine (C=N–C) groups is 1. The third-order valence-electron chi connectivity index (χ3n) is 3.88. The molecule has 2 aromatic carbocycles. The summed E-state index contributed by atoms with van der Waals surface area (Å²) in [6.07, 6.45) is 0.931. The predicted octanol–water partition coefficient (Wildman–Crippen LogP) is 2.93. The number of nitrogens with zero attached hydrogens (tertiary/aromatic N) is 1. The Labute approximate surface area is 172 Å². The zero-order valence-corrected chi connectivity index (χ0v) is 17.8. The van der Waals surface area contributed by atoms with Crippen molar-refractivity contribution in [1.29, 1.82) is 0 Å². The first-order chi connectivity index (χ1) is 12.0. The van der Waals surface area contributed by atoms with E-state index >= 15 is 0 Å². The quantitative estimate of drug-likeness (QED) is 0.348. The molecule has 2 aromatic rings. The lowest BCUT2D eigenvalue weighted by molar-refractivity contribution is 0.1000. The molecule has 0 unspecified atom stereocenters. The molecule has 140 valence electrons. The maximum Gasteiger partial charge on any atom is 0.248 e. The number of nitrogens with two attached hydrogens (primary N) is 1. The maximum atomic E-state index is 11.2. The highest BCUT2D eigenvalue weighted by atomic mass is 127. The number of hydrogen-bond donors (Lipinski definition) is 3. The number of primary amides is 1. The summed E-state index contributed by atoms with van der Waals surface area (Å²) in [5.41, 5.74) is 10.7. The first-order valence-corrected chi connectivity index (χ1v) is 8.38. The third kappa shape index (κ3) is 7.03. The average Bonchev–Trinajstić information content (AvgIpc) is 2.57. The van der Waals surface area contributed by atoms with Crippen LogP contribution in [0, 0.1) is 13.8 Å². The molecule has 26 heavy (non-hydrogen) atoms. The molecule has 6 heteroatoms. The molecule has 0 aliphatic carbocycles. The van der Waals surface area contributed by atoms with E-state index in [0.29, 0.717) is 12.1 Å². The van der Waals surface area contributed by atoms with Gasteiger partial charge in [-0.05, 0) is 43.5 Å². The lowest BCUT2D eigenvalue weighted by Gasteiger charge is -2.13. The minimum atomic E-state index is -0.419. The van der Waals surface area contributed by atoms with Crippen molar-refractivity contribution in [2.45, 2.75) is 26.8 Å². The smallest absolute Gasteiger partial charge is 0.248 e. The number of hydrogen-bond acceptors (Lipinski definition) is 2. The van der Waals surface area contributed by atoms with Gasteiger partial charge < -0.3 is 16.4 Å². The topological polar surface area (TPSA) is 79.5 Å². The maximum absolute atomic E-state index is 11.2. The SMILES string of the molecule is CN=C(NCCc1cc(C)cc(C)c1)NCc1cccc(C(N)=O)c1.I. The number of aryl methyl sites for hydroxylation is 2. The molecule has 0 aliphatic rings. The Morgan fingerprint density at radius 3 is 2.35 bits per heavy atom. The molecule has 0 spiro atoms. The van der Waals surface area contributed by atoms with Gasteiger partial charge in [0.05, 0.1) is 0 Å². The van der Waals surface area contributed by atoms with Gasteiger partial charge in [0.1, 0.15) is 0 Å². The number of carbonyl (C=O) groups is 1. The number of halogens is 1. The third-order valence-corrected chi connectivity index (χ3v) is 3.88. The number of carbonyl (C=O) groups excluding carboxylic acids is 1. The van der Waals surface area contributed by atoms with Crippen LogP contribution in [-0.4, -0.2) is 25.5 Å². The van der Waals surface area contributed by atoms with Crippen molar-refractivity contribution in [3.8, 4) is 0 Å². The van der Waals surface area contributed by atoms with Gasteiger partial charge in [-0.1, -0.05) is 41.5 Å². The van der Waals surface area contributed by atoms with Crippen molar-refractivity contribution < 1.29 is 4.79 Å². The molecule has 4 N–H and O–H groups in total. The van der Waals surface area contributed by atoms with Gasteiger partial charge in [0, 0.05) is 25.7 Å². The van der Waals surface area contributed by atoms with E-state index in [1.54, 1.807) is 19.2 Å². The van der Waals surface area contributed by atoms with Crippen LogP contribution in [0.5, 0.6) is 0 Å². The molecule has 0 saturated heterocycles. The summed E-state index contributed by atoms with van der Waals surface area (Å²) in [6, 6.07) is 13.9. The Kier molecular flexibility index (Phi) is 9.12. The van der Waals surface area contributed by atoms with Crippen molar-refractivity contribution >= 4 is 35.8 Å². The fraction of sp³-hybridized carbons (Fsp3) is 0.300. The Morgan fingerprint density at radius 2 is 1.73 bits per heavy atom. The van der Waals surface area contributed by atoms with Gasteiger partial charge in [0.2, 0.25) is 5.91 Å². The van der Waals surface area contributed by atoms with E-state index in [4.69, 9.17) is 5.73 Å². The van der Waals surface area contributed by atoms with Crippen LogP contribution in [0.1, 0.15) is 32.6 Å². The second kappa shape index (κ2) is 10.8. The highest BCUT2D eigenvalue weighted by Gasteiger charge is 2.03. The van der Waals surface area contributed by atoms with Crippen LogP contribution in [0.3, 0.4) is 0 Å². The van der Waals surface area contributed by atoms with Gasteiger partial charge in [-0.25, -0.2) is 0 Å². The van der Waals surface area contributed by atoms with E-state index in [2.05, 4.69) is 47.7 Å². The summed E-state index contributed by atoms with van der Waals surface area (Å²) in [6.45, 7) is 5.60. The zero-order chi connectivity index (χ0) is 18.2. The first-order valence-electron chi connectivity index (χ1n) is 8.38. The molecule has 0 radical (unpaired) electrons. The van der Waals surface area contributed by atoms with Gasteiger partial charge in [-0.3, -0.25) is 9.79 Å². The minimum absolute atomic E-state index is 0. The van der Waals surface area contributed by atoms with E-state index in [1.807, 2.05) is 12.1 Å². The van der Waals surface area contributed by atoms with Crippen molar-refractivity contribution in [3.05, 3.63) is 70.3 Å². The fourth-order valence-electron chi connectivity index (χ4n) is 2.78. The number of amides is 1. The lowest BCUT2D eigenvalue weighted by atomic mass is 10.1. The van der Waals surface area contributed by atoms with Gasteiger partial charge in [0.25, 0.3) is 0 Å². The van der Waals surface area contributed by atoms with Crippen molar-refractivity contribution in [1.82, 2.24) is 10.6 Å². The van der Waals surface area contributed by atoms with Crippen LogP contribution in [0.2, 0.25) is 0 Å². The van der Waals surface area contributed by atoms with E-state index < -0.39 is 5.91 Å². The number of nitrogens with one attached hydrogen (secondary N) is 2. The number of benzene rings is 2. The number of rotatable bonds is 6. The van der Waals surface area contributed by atoms with E-state index in [-0.39, 0.29) is 24.0 Å². The summed E-state index contributed by atoms with van der Waals surface area (Å²) in [7, 11) is 1.74. The van der Waals surface area contributed by atoms with Crippen LogP contribution in [0.4, 0.5) is 0 Å². The number of guanidine groups is 1. The predicted molar refractivity (Wildman–Crippen MR) is 118 cm³/mol. The molecular formula is C20H27IN4O. The van der Waals surface area contributed by atoms with Gasteiger partial charge in [-0.2, -0.15) is 0 Å². The van der Waals surface area contributed by atoms with Crippen molar-refractivity contribution in [3.63, 3.8) is 0 Å². The molecule has 0 bridgehead atoms. The van der Waals surface area contributed by atoms with Crippen molar-refractivity contribution in [2.75, 3.05) is 13.6 Å². The van der Waals surface area contributed by atoms with Crippen LogP contribution in [0.15, 0.2) is 47.5 Å². The van der Waals surface area contributed by atoms with Gasteiger partial charge >= 0.3 is 0 Å². The van der Waals surface area contributed by atoms with E-state index in [0.717, 1.165) is 24.5 Å². The molecule has 0 fully saturated rings. The Balaban J connectivity index is 0.00000338. The van der Waals surface area contributed by atoms with Crippen LogP contribution < -0.4 is 16.4 Å². The Bertz CT molecular complexity index is 754. The summed E-state index contributed by atoms with van der Waals surface area (Å²) in [4.78, 5) is 15.5. The minimum Gasteiger partial charge on any atom is -0.366 e. The molecule has 1 amide bonds. The fourth-order valence-corrected chi connectivity index (χ4v) is 2.78. The molecule has 0 saturated carbocycles. The average molecular weight is 466 g/mol. The summed E-state index contributed by atoms with van der Waals surface area (Å²) in [5, 5.41) is 6.56. The summed E-state index contributed by atoms with van der Waals surface area (Å²) < 4.78 is 0. The van der Waals surface area contributed by atoms with Crippen LogP contribution in [0.25, 0.3) is 0 Å². The first kappa shape index (κ1) is 22.0. The van der Waals surface area contributed by atoms with Gasteiger partial charge in [-0.15, -0.1) is 24.0 Å².